The van der Waals surface area contributed by atoms with Crippen LogP contribution < -0.4 is 0 Å². The van der Waals surface area contributed by atoms with Crippen LogP contribution in [0.5, 0.6) is 0 Å². The number of hydrogen-bond donors (Lipinski definition) is 0. The Morgan fingerprint density at radius 3 is 2.56 bits per heavy atom. The van der Waals surface area contributed by atoms with E-state index in [0.717, 1.165) is 12.0 Å². The Hall–Kier alpha value is -1.35. The number of benzene rings is 1. The van der Waals surface area contributed by atoms with E-state index in [4.69, 9.17) is 9.47 Å². The zero-order valence-corrected chi connectivity index (χ0v) is 9.55. The van der Waals surface area contributed by atoms with Gasteiger partial charge in [-0.3, -0.25) is 0 Å². The van der Waals surface area contributed by atoms with Gasteiger partial charge in [-0.05, 0) is 11.5 Å². The molecule has 0 aromatic heterocycles. The van der Waals surface area contributed by atoms with Crippen molar-refractivity contribution in [2.75, 3.05) is 0 Å². The predicted octanol–water partition coefficient (Wildman–Crippen LogP) is 2.67. The number of hydrogen-bond acceptors (Lipinski definition) is 3. The van der Waals surface area contributed by atoms with Crippen LogP contribution in [-0.4, -0.2) is 12.3 Å². The van der Waals surface area contributed by atoms with E-state index in [9.17, 15) is 4.79 Å². The molecule has 0 N–H and O–H groups in total. The lowest BCUT2D eigenvalue weighted by molar-refractivity contribution is -0.144. The summed E-state index contributed by atoms with van der Waals surface area (Å²) in [5.74, 6) is 0.171. The number of carbonyl (C=O) groups excluding carboxylic acids is 1. The van der Waals surface area contributed by atoms with Crippen molar-refractivity contribution in [3.63, 3.8) is 0 Å². The molecule has 0 unspecified atom stereocenters. The topological polar surface area (TPSA) is 35.5 Å². The summed E-state index contributed by atoms with van der Waals surface area (Å²) in [6.07, 6.45) is -0.197. The molecule has 2 atom stereocenters. The van der Waals surface area contributed by atoms with E-state index in [1.165, 1.54) is 0 Å². The molecular weight excluding hydrogens is 204 g/mol. The lowest BCUT2D eigenvalue weighted by Gasteiger charge is -2.11. The van der Waals surface area contributed by atoms with Crippen LogP contribution in [0, 0.1) is 5.92 Å². The van der Waals surface area contributed by atoms with E-state index >= 15 is 0 Å². The molecular formula is C13H16O3. The van der Waals surface area contributed by atoms with Crippen molar-refractivity contribution in [1.29, 1.82) is 0 Å². The number of rotatable bonds is 3. The summed E-state index contributed by atoms with van der Waals surface area (Å²) in [4.78, 5) is 11.6. The number of ether oxygens (including phenoxy) is 2. The highest BCUT2D eigenvalue weighted by Crippen LogP contribution is 2.30. The molecule has 0 amide bonds. The highest BCUT2D eigenvalue weighted by atomic mass is 16.7. The first kappa shape index (κ1) is 11.1. The van der Waals surface area contributed by atoms with E-state index in [1.54, 1.807) is 0 Å². The van der Waals surface area contributed by atoms with Crippen LogP contribution in [0.15, 0.2) is 30.3 Å². The van der Waals surface area contributed by atoms with Gasteiger partial charge < -0.3 is 9.47 Å². The van der Waals surface area contributed by atoms with Gasteiger partial charge in [-0.25, -0.2) is 4.79 Å². The summed E-state index contributed by atoms with van der Waals surface area (Å²) in [5.41, 5.74) is 0.860. The fourth-order valence-electron chi connectivity index (χ4n) is 1.76. The maximum absolute atomic E-state index is 11.6. The molecule has 0 aliphatic carbocycles. The van der Waals surface area contributed by atoms with Gasteiger partial charge in [0.25, 0.3) is 0 Å². The SMILES string of the molecule is CC(C)C[C@H]1OC(=O)[C@H](c2ccccc2)O1. The minimum atomic E-state index is -0.551. The molecule has 1 aliphatic rings. The molecule has 1 aromatic carbocycles. The first-order valence-electron chi connectivity index (χ1n) is 5.57. The molecule has 1 fully saturated rings. The Morgan fingerprint density at radius 1 is 1.25 bits per heavy atom. The van der Waals surface area contributed by atoms with Crippen LogP contribution in [0.2, 0.25) is 0 Å². The van der Waals surface area contributed by atoms with E-state index < -0.39 is 12.4 Å². The highest BCUT2D eigenvalue weighted by Gasteiger charge is 2.36. The molecule has 1 aromatic rings. The third kappa shape index (κ3) is 2.42. The molecule has 16 heavy (non-hydrogen) atoms. The zero-order valence-electron chi connectivity index (χ0n) is 9.55. The second-order valence-electron chi connectivity index (χ2n) is 4.42. The molecule has 0 bridgehead atoms. The molecule has 3 heteroatoms. The Balaban J connectivity index is 2.06. The minimum absolute atomic E-state index is 0.281. The van der Waals surface area contributed by atoms with Crippen molar-refractivity contribution in [2.45, 2.75) is 32.7 Å². The summed E-state index contributed by atoms with van der Waals surface area (Å²) in [6, 6.07) is 9.45. The van der Waals surface area contributed by atoms with Crippen molar-refractivity contribution in [3.05, 3.63) is 35.9 Å². The van der Waals surface area contributed by atoms with E-state index in [1.807, 2.05) is 30.3 Å². The van der Waals surface area contributed by atoms with Crippen LogP contribution in [0.4, 0.5) is 0 Å². The van der Waals surface area contributed by atoms with Crippen molar-refractivity contribution >= 4 is 5.97 Å². The average Bonchev–Trinajstić information content (AvgIpc) is 2.60. The Kier molecular flexibility index (Phi) is 3.25. The van der Waals surface area contributed by atoms with Crippen molar-refractivity contribution < 1.29 is 14.3 Å². The summed E-state index contributed by atoms with van der Waals surface area (Å²) in [7, 11) is 0. The van der Waals surface area contributed by atoms with Gasteiger partial charge in [0, 0.05) is 6.42 Å². The van der Waals surface area contributed by atoms with Crippen molar-refractivity contribution in [2.24, 2.45) is 5.92 Å². The molecule has 0 spiro atoms. The predicted molar refractivity (Wildman–Crippen MR) is 59.6 cm³/mol. The van der Waals surface area contributed by atoms with Gasteiger partial charge in [0.05, 0.1) is 0 Å². The standard InChI is InChI=1S/C13H16O3/c1-9(2)8-11-15-12(13(14)16-11)10-6-4-3-5-7-10/h3-7,9,11-12H,8H2,1-2H3/t11-,12+/m1/s1. The summed E-state index contributed by atoms with van der Waals surface area (Å²) >= 11 is 0. The third-order valence-electron chi connectivity index (χ3n) is 2.52. The summed E-state index contributed by atoms with van der Waals surface area (Å²) in [6.45, 7) is 4.15. The Bertz CT molecular complexity index is 359. The lowest BCUT2D eigenvalue weighted by Crippen LogP contribution is -2.11. The molecule has 86 valence electrons. The molecule has 1 aliphatic heterocycles. The molecule has 3 nitrogen and oxygen atoms in total. The number of cyclic esters (lactones) is 1. The maximum atomic E-state index is 11.6. The van der Waals surface area contributed by atoms with E-state index in [-0.39, 0.29) is 5.97 Å². The molecule has 2 rings (SSSR count). The van der Waals surface area contributed by atoms with Gasteiger partial charge >= 0.3 is 5.97 Å². The van der Waals surface area contributed by atoms with Gasteiger partial charge in [-0.2, -0.15) is 0 Å². The lowest BCUT2D eigenvalue weighted by atomic mass is 10.1. The van der Waals surface area contributed by atoms with Gasteiger partial charge in [0.1, 0.15) is 0 Å². The van der Waals surface area contributed by atoms with Gasteiger partial charge in [0.15, 0.2) is 6.10 Å². The van der Waals surface area contributed by atoms with Gasteiger partial charge in [-0.15, -0.1) is 0 Å². The number of esters is 1. The van der Waals surface area contributed by atoms with E-state index in [0.29, 0.717) is 5.92 Å². The molecule has 0 radical (unpaired) electrons. The average molecular weight is 220 g/mol. The highest BCUT2D eigenvalue weighted by molar-refractivity contribution is 5.77. The Labute approximate surface area is 95.4 Å². The van der Waals surface area contributed by atoms with Crippen LogP contribution in [0.3, 0.4) is 0 Å². The quantitative estimate of drug-likeness (QED) is 0.735. The van der Waals surface area contributed by atoms with Crippen LogP contribution >= 0.6 is 0 Å². The van der Waals surface area contributed by atoms with Gasteiger partial charge in [0.2, 0.25) is 6.29 Å². The second-order valence-corrected chi connectivity index (χ2v) is 4.42. The second kappa shape index (κ2) is 4.66. The molecule has 0 saturated carbocycles. The minimum Gasteiger partial charge on any atom is -0.434 e. The third-order valence-corrected chi connectivity index (χ3v) is 2.52. The summed E-state index contributed by atoms with van der Waals surface area (Å²) < 4.78 is 10.8. The van der Waals surface area contributed by atoms with Crippen LogP contribution in [0.1, 0.15) is 31.9 Å². The smallest absolute Gasteiger partial charge is 0.342 e. The molecule has 1 heterocycles. The first-order chi connectivity index (χ1) is 7.66. The first-order valence-corrected chi connectivity index (χ1v) is 5.57. The van der Waals surface area contributed by atoms with Gasteiger partial charge in [-0.1, -0.05) is 44.2 Å². The zero-order chi connectivity index (χ0) is 11.5. The number of carbonyl (C=O) groups is 1. The fraction of sp³-hybridized carbons (Fsp3) is 0.462. The fourth-order valence-corrected chi connectivity index (χ4v) is 1.76. The van der Waals surface area contributed by atoms with Crippen molar-refractivity contribution in [3.8, 4) is 0 Å². The maximum Gasteiger partial charge on any atom is 0.342 e. The van der Waals surface area contributed by atoms with Crippen molar-refractivity contribution in [1.82, 2.24) is 0 Å². The summed E-state index contributed by atoms with van der Waals surface area (Å²) in [5, 5.41) is 0. The Morgan fingerprint density at radius 2 is 1.94 bits per heavy atom. The normalized spacial score (nSPS) is 24.8. The molecule has 1 saturated heterocycles. The largest absolute Gasteiger partial charge is 0.434 e. The van der Waals surface area contributed by atoms with Crippen LogP contribution in [0.25, 0.3) is 0 Å². The van der Waals surface area contributed by atoms with Crippen LogP contribution in [-0.2, 0) is 14.3 Å². The monoisotopic (exact) mass is 220 g/mol. The van der Waals surface area contributed by atoms with E-state index in [2.05, 4.69) is 13.8 Å².